The van der Waals surface area contributed by atoms with Crippen LogP contribution in [-0.2, 0) is 16.1 Å². The minimum absolute atomic E-state index is 0.111. The first kappa shape index (κ1) is 14.3. The lowest BCUT2D eigenvalue weighted by atomic mass is 9.88. The smallest absolute Gasteiger partial charge is 0.189 e. The van der Waals surface area contributed by atoms with Crippen LogP contribution < -0.4 is 0 Å². The van der Waals surface area contributed by atoms with Crippen molar-refractivity contribution in [1.29, 1.82) is 0 Å². The van der Waals surface area contributed by atoms with Gasteiger partial charge in [-0.25, -0.2) is 0 Å². The maximum atomic E-state index is 12.0. The van der Waals surface area contributed by atoms with Gasteiger partial charge in [0.25, 0.3) is 0 Å². The maximum absolute atomic E-state index is 12.0. The number of Topliss-reactive ketones (excluding diaryl/α,β-unsaturated/α-hetero) is 1. The van der Waals surface area contributed by atoms with Crippen molar-refractivity contribution in [3.63, 3.8) is 0 Å². The molecule has 0 atom stereocenters. The molecule has 2 rings (SSSR count). The predicted molar refractivity (Wildman–Crippen MR) is 78.3 cm³/mol. The molecule has 1 aliphatic carbocycles. The van der Waals surface area contributed by atoms with E-state index in [2.05, 4.69) is 6.58 Å². The molecular formula is C17H18O3. The van der Waals surface area contributed by atoms with Gasteiger partial charge in [0.05, 0.1) is 13.2 Å². The Morgan fingerprint density at radius 2 is 1.75 bits per heavy atom. The third-order valence-electron chi connectivity index (χ3n) is 3.54. The second-order valence-electron chi connectivity index (χ2n) is 4.86. The van der Waals surface area contributed by atoms with E-state index >= 15 is 0 Å². The molecule has 0 aliphatic heterocycles. The second-order valence-corrected chi connectivity index (χ2v) is 4.86. The highest BCUT2D eigenvalue weighted by Gasteiger charge is 2.26. The minimum Gasteiger partial charge on any atom is -0.507 e. The van der Waals surface area contributed by atoms with Crippen LogP contribution in [0.1, 0.15) is 19.4 Å². The number of carbonyl (C=O) groups is 1. The van der Waals surface area contributed by atoms with Gasteiger partial charge in [0.2, 0.25) is 0 Å². The third kappa shape index (κ3) is 2.73. The highest BCUT2D eigenvalue weighted by molar-refractivity contribution is 6.12. The van der Waals surface area contributed by atoms with Gasteiger partial charge >= 0.3 is 0 Å². The molecule has 0 aromatic heterocycles. The summed E-state index contributed by atoms with van der Waals surface area (Å²) in [5.41, 5.74) is 2.98. The Morgan fingerprint density at radius 3 is 2.40 bits per heavy atom. The summed E-state index contributed by atoms with van der Waals surface area (Å²) in [5, 5.41) is 10.1. The van der Waals surface area contributed by atoms with E-state index < -0.39 is 0 Å². The zero-order valence-corrected chi connectivity index (χ0v) is 11.8. The minimum atomic E-state index is -0.126. The van der Waals surface area contributed by atoms with Crippen LogP contribution in [0.3, 0.4) is 0 Å². The Hall–Kier alpha value is -2.13. The lowest BCUT2D eigenvalue weighted by molar-refractivity contribution is -0.112. The zero-order chi connectivity index (χ0) is 14.7. The summed E-state index contributed by atoms with van der Waals surface area (Å²) >= 11 is 0. The van der Waals surface area contributed by atoms with Crippen molar-refractivity contribution in [2.75, 3.05) is 6.61 Å². The highest BCUT2D eigenvalue weighted by atomic mass is 16.5. The quantitative estimate of drug-likeness (QED) is 0.852. The monoisotopic (exact) mass is 270 g/mol. The van der Waals surface area contributed by atoms with Crippen LogP contribution >= 0.6 is 0 Å². The lowest BCUT2D eigenvalue weighted by Crippen LogP contribution is -2.18. The highest BCUT2D eigenvalue weighted by Crippen LogP contribution is 2.29. The summed E-state index contributed by atoms with van der Waals surface area (Å²) in [6.45, 7) is 7.79. The summed E-state index contributed by atoms with van der Waals surface area (Å²) in [5.74, 6) is -0.0150. The summed E-state index contributed by atoms with van der Waals surface area (Å²) in [6, 6.07) is 9.74. The van der Waals surface area contributed by atoms with E-state index in [9.17, 15) is 9.90 Å². The van der Waals surface area contributed by atoms with Gasteiger partial charge in [-0.1, -0.05) is 36.9 Å². The number of aliphatic hydroxyl groups excluding tert-OH is 1. The number of benzene rings is 1. The number of allylic oxidation sites excluding steroid dienone is 2. The number of hydrogen-bond donors (Lipinski definition) is 1. The van der Waals surface area contributed by atoms with Crippen molar-refractivity contribution < 1.29 is 14.6 Å². The Kier molecular flexibility index (Phi) is 4.20. The van der Waals surface area contributed by atoms with Crippen molar-refractivity contribution >= 4 is 5.78 Å². The molecule has 0 unspecified atom stereocenters. The van der Waals surface area contributed by atoms with Crippen LogP contribution in [-0.4, -0.2) is 17.5 Å². The molecule has 0 heterocycles. The molecule has 0 saturated heterocycles. The summed E-state index contributed by atoms with van der Waals surface area (Å²) in [7, 11) is 0. The van der Waals surface area contributed by atoms with Gasteiger partial charge in [-0.05, 0) is 25.0 Å². The van der Waals surface area contributed by atoms with Crippen LogP contribution in [0.5, 0.6) is 0 Å². The molecule has 104 valence electrons. The molecule has 1 aromatic carbocycles. The molecule has 0 radical (unpaired) electrons. The molecule has 1 N–H and O–H groups in total. The van der Waals surface area contributed by atoms with Crippen LogP contribution in [0.2, 0.25) is 0 Å². The lowest BCUT2D eigenvalue weighted by Gasteiger charge is -2.20. The summed E-state index contributed by atoms with van der Waals surface area (Å²) in [4.78, 5) is 12.0. The fourth-order valence-electron chi connectivity index (χ4n) is 2.08. The number of aliphatic hydroxyl groups is 1. The van der Waals surface area contributed by atoms with Crippen LogP contribution in [0.15, 0.2) is 65.0 Å². The van der Waals surface area contributed by atoms with Gasteiger partial charge < -0.3 is 9.84 Å². The van der Waals surface area contributed by atoms with E-state index in [1.807, 2.05) is 30.3 Å². The number of rotatable bonds is 4. The van der Waals surface area contributed by atoms with Crippen molar-refractivity contribution in [3.8, 4) is 0 Å². The third-order valence-corrected chi connectivity index (χ3v) is 3.54. The number of ether oxygens (including phenoxy) is 1. The van der Waals surface area contributed by atoms with Crippen LogP contribution in [0.4, 0.5) is 0 Å². The van der Waals surface area contributed by atoms with Crippen molar-refractivity contribution in [2.24, 2.45) is 0 Å². The van der Waals surface area contributed by atoms with Crippen molar-refractivity contribution in [2.45, 2.75) is 20.5 Å². The molecule has 3 nitrogen and oxygen atoms in total. The predicted octanol–water partition coefficient (Wildman–Crippen LogP) is 3.49. The molecule has 1 aromatic rings. The van der Waals surface area contributed by atoms with E-state index in [-0.39, 0.29) is 18.1 Å². The molecule has 0 bridgehead atoms. The molecule has 0 saturated carbocycles. The van der Waals surface area contributed by atoms with Crippen molar-refractivity contribution in [3.05, 3.63) is 70.5 Å². The molecule has 0 fully saturated rings. The van der Waals surface area contributed by atoms with Gasteiger partial charge in [-0.2, -0.15) is 0 Å². The van der Waals surface area contributed by atoms with Gasteiger partial charge in [0.1, 0.15) is 5.76 Å². The largest absolute Gasteiger partial charge is 0.507 e. The summed E-state index contributed by atoms with van der Waals surface area (Å²) < 4.78 is 5.58. The second kappa shape index (κ2) is 5.88. The average Bonchev–Trinajstić information content (AvgIpc) is 2.48. The Bertz CT molecular complexity index is 606. The Balaban J connectivity index is 2.09. The number of hydrogen-bond acceptors (Lipinski definition) is 3. The van der Waals surface area contributed by atoms with E-state index in [0.29, 0.717) is 28.9 Å². The number of carbonyl (C=O) groups excluding carboxylic acids is 1. The standard InChI is InChI=1S/C17H18O3/c1-11-12(2)17(19)15(13(3)16(11)18)10-20-9-14-7-5-4-6-8-14/h4-8,19H,3,9-10H2,1-2H3. The van der Waals surface area contributed by atoms with E-state index in [0.717, 1.165) is 5.56 Å². The van der Waals surface area contributed by atoms with Gasteiger partial charge in [0, 0.05) is 16.7 Å². The Morgan fingerprint density at radius 1 is 1.10 bits per heavy atom. The fourth-order valence-corrected chi connectivity index (χ4v) is 2.08. The average molecular weight is 270 g/mol. The van der Waals surface area contributed by atoms with Crippen molar-refractivity contribution in [1.82, 2.24) is 0 Å². The first-order valence-electron chi connectivity index (χ1n) is 6.48. The number of ketones is 1. The van der Waals surface area contributed by atoms with Gasteiger partial charge in [-0.15, -0.1) is 0 Å². The fraction of sp³-hybridized carbons (Fsp3) is 0.235. The zero-order valence-electron chi connectivity index (χ0n) is 11.8. The SMILES string of the molecule is C=C1C(=O)C(C)=C(C)C(O)=C1COCc1ccccc1. The van der Waals surface area contributed by atoms with E-state index in [4.69, 9.17) is 4.74 Å². The molecule has 0 amide bonds. The molecule has 0 spiro atoms. The normalized spacial score (nSPS) is 16.1. The van der Waals surface area contributed by atoms with Gasteiger partial charge in [-0.3, -0.25) is 4.79 Å². The van der Waals surface area contributed by atoms with E-state index in [1.165, 1.54) is 0 Å². The first-order chi connectivity index (χ1) is 9.52. The van der Waals surface area contributed by atoms with E-state index in [1.54, 1.807) is 13.8 Å². The molecular weight excluding hydrogens is 252 g/mol. The van der Waals surface area contributed by atoms with Crippen LogP contribution in [0, 0.1) is 0 Å². The first-order valence-corrected chi connectivity index (χ1v) is 6.48. The maximum Gasteiger partial charge on any atom is 0.189 e. The Labute approximate surface area is 118 Å². The topological polar surface area (TPSA) is 46.5 Å². The summed E-state index contributed by atoms with van der Waals surface area (Å²) in [6.07, 6.45) is 0. The van der Waals surface area contributed by atoms with Crippen LogP contribution in [0.25, 0.3) is 0 Å². The molecule has 3 heteroatoms. The molecule has 1 aliphatic rings. The van der Waals surface area contributed by atoms with Gasteiger partial charge in [0.15, 0.2) is 5.78 Å². The molecule has 20 heavy (non-hydrogen) atoms.